The number of likely N-dealkylation sites (N-methyl/N-ethyl adjacent to an activating group) is 1. The van der Waals surface area contributed by atoms with Crippen molar-refractivity contribution in [1.29, 1.82) is 0 Å². The molecule has 0 radical (unpaired) electrons. The average molecular weight is 478 g/mol. The van der Waals surface area contributed by atoms with E-state index in [1.54, 1.807) is 25.6 Å². The van der Waals surface area contributed by atoms with Crippen LogP contribution in [0.5, 0.6) is 17.2 Å². The van der Waals surface area contributed by atoms with Gasteiger partial charge in [0, 0.05) is 39.0 Å². The van der Waals surface area contributed by atoms with Gasteiger partial charge in [0.05, 0.1) is 19.9 Å². The molecule has 0 atom stereocenters. The molecule has 5 rings (SSSR count). The van der Waals surface area contributed by atoms with E-state index in [4.69, 9.17) is 19.0 Å². The van der Waals surface area contributed by atoms with Crippen LogP contribution in [0.3, 0.4) is 0 Å². The van der Waals surface area contributed by atoms with E-state index in [-0.39, 0.29) is 0 Å². The molecule has 1 aliphatic rings. The van der Waals surface area contributed by atoms with E-state index < -0.39 is 0 Å². The predicted octanol–water partition coefficient (Wildman–Crippen LogP) is 5.14. The third-order valence-corrected chi connectivity index (χ3v) is 6.65. The largest absolute Gasteiger partial charge is 0.493 e. The molecule has 2 heterocycles. The minimum absolute atomic E-state index is 0.417. The van der Waals surface area contributed by atoms with Crippen molar-refractivity contribution < 1.29 is 19.0 Å². The Labute approximate surface area is 202 Å². The quantitative estimate of drug-likeness (QED) is 0.298. The third-order valence-electron chi connectivity index (χ3n) is 5.80. The molecule has 0 saturated carbocycles. The van der Waals surface area contributed by atoms with E-state index in [9.17, 15) is 0 Å². The van der Waals surface area contributed by atoms with Crippen LogP contribution >= 0.6 is 11.3 Å². The first-order chi connectivity index (χ1) is 16.6. The first-order valence-electron chi connectivity index (χ1n) is 11.0. The topological polar surface area (TPSA) is 68.3 Å². The highest BCUT2D eigenvalue weighted by molar-refractivity contribution is 7.09. The highest BCUT2D eigenvalue weighted by Crippen LogP contribution is 2.46. The summed E-state index contributed by atoms with van der Waals surface area (Å²) in [4.78, 5) is 12.6. The van der Waals surface area contributed by atoms with Crippen molar-refractivity contribution in [2.24, 2.45) is 5.16 Å². The first-order valence-corrected chi connectivity index (χ1v) is 11.9. The Kier molecular flexibility index (Phi) is 6.17. The van der Waals surface area contributed by atoms with Gasteiger partial charge in [-0.2, -0.15) is 0 Å². The normalized spacial score (nSPS) is 13.4. The molecule has 0 aliphatic heterocycles. The van der Waals surface area contributed by atoms with Crippen LogP contribution in [0, 0.1) is 0 Å². The Morgan fingerprint density at radius 3 is 2.50 bits per heavy atom. The van der Waals surface area contributed by atoms with Gasteiger partial charge in [-0.15, -0.1) is 11.3 Å². The van der Waals surface area contributed by atoms with Crippen LogP contribution in [-0.2, 0) is 11.4 Å². The predicted molar refractivity (Wildman–Crippen MR) is 136 cm³/mol. The molecular formula is C26H27N3O4S. The lowest BCUT2D eigenvalue weighted by atomic mass is 10.1. The van der Waals surface area contributed by atoms with Gasteiger partial charge >= 0.3 is 0 Å². The summed E-state index contributed by atoms with van der Waals surface area (Å²) in [6.07, 6.45) is 0. The summed E-state index contributed by atoms with van der Waals surface area (Å²) in [5.41, 5.74) is 5.68. The van der Waals surface area contributed by atoms with E-state index >= 15 is 0 Å². The lowest BCUT2D eigenvalue weighted by Gasteiger charge is -2.12. The van der Waals surface area contributed by atoms with Crippen molar-refractivity contribution in [3.8, 4) is 28.5 Å². The maximum absolute atomic E-state index is 6.00. The smallest absolute Gasteiger partial charge is 0.161 e. The molecule has 1 N–H and O–H groups in total. The minimum Gasteiger partial charge on any atom is -0.493 e. The summed E-state index contributed by atoms with van der Waals surface area (Å²) < 4.78 is 17.1. The number of rotatable bonds is 9. The molecule has 0 saturated heterocycles. The summed E-state index contributed by atoms with van der Waals surface area (Å²) in [5, 5.41) is 7.67. The molecule has 34 heavy (non-hydrogen) atoms. The maximum atomic E-state index is 6.00. The van der Waals surface area contributed by atoms with Crippen molar-refractivity contribution in [2.75, 3.05) is 41.5 Å². The highest BCUT2D eigenvalue weighted by atomic mass is 32.1. The Hall–Kier alpha value is -3.49. The molecule has 2 aromatic heterocycles. The first kappa shape index (κ1) is 22.3. The van der Waals surface area contributed by atoms with Crippen LogP contribution in [0.1, 0.15) is 16.0 Å². The maximum Gasteiger partial charge on any atom is 0.161 e. The minimum atomic E-state index is 0.417. The molecular weight excluding hydrogens is 450 g/mol. The number of methoxy groups -OCH3 is 2. The van der Waals surface area contributed by atoms with Gasteiger partial charge in [0.2, 0.25) is 0 Å². The molecule has 0 bridgehead atoms. The summed E-state index contributed by atoms with van der Waals surface area (Å²) in [7, 11) is 7.34. The molecule has 0 amide bonds. The molecule has 1 aliphatic carbocycles. The molecule has 7 nitrogen and oxygen atoms in total. The van der Waals surface area contributed by atoms with Gasteiger partial charge in [-0.25, -0.2) is 0 Å². The molecule has 176 valence electrons. The Bertz CT molecular complexity index is 1340. The van der Waals surface area contributed by atoms with Crippen LogP contribution in [0.2, 0.25) is 0 Å². The van der Waals surface area contributed by atoms with Crippen LogP contribution in [0.15, 0.2) is 53.0 Å². The zero-order valence-corrected chi connectivity index (χ0v) is 20.5. The number of nitrogens with zero attached hydrogens (tertiary/aromatic N) is 2. The van der Waals surface area contributed by atoms with E-state index in [2.05, 4.69) is 21.1 Å². The second-order valence-corrected chi connectivity index (χ2v) is 9.31. The van der Waals surface area contributed by atoms with Crippen LogP contribution in [-0.4, -0.2) is 57.1 Å². The van der Waals surface area contributed by atoms with Crippen LogP contribution < -0.4 is 14.2 Å². The number of hydrogen-bond donors (Lipinski definition) is 1. The number of aromatic amines is 1. The van der Waals surface area contributed by atoms with Gasteiger partial charge < -0.3 is 28.9 Å². The summed E-state index contributed by atoms with van der Waals surface area (Å²) in [5.74, 6) is 2.13. The number of fused-ring (bicyclic) bond motifs is 5. The van der Waals surface area contributed by atoms with E-state index in [0.717, 1.165) is 56.2 Å². The van der Waals surface area contributed by atoms with Gasteiger partial charge in [0.25, 0.3) is 0 Å². The Morgan fingerprint density at radius 2 is 1.79 bits per heavy atom. The number of oxime groups is 1. The fourth-order valence-electron chi connectivity index (χ4n) is 4.12. The molecule has 2 aromatic carbocycles. The molecule has 8 heteroatoms. The van der Waals surface area contributed by atoms with E-state index in [1.165, 1.54) is 0 Å². The fraction of sp³-hybridized carbons (Fsp3) is 0.269. The van der Waals surface area contributed by atoms with Crippen molar-refractivity contribution in [3.63, 3.8) is 0 Å². The second-order valence-electron chi connectivity index (χ2n) is 8.28. The monoisotopic (exact) mass is 477 g/mol. The Morgan fingerprint density at radius 1 is 1.00 bits per heavy atom. The number of ether oxygens (including phenoxy) is 3. The molecule has 0 unspecified atom stereocenters. The van der Waals surface area contributed by atoms with Crippen LogP contribution in [0.4, 0.5) is 0 Å². The van der Waals surface area contributed by atoms with Gasteiger partial charge in [-0.3, -0.25) is 0 Å². The van der Waals surface area contributed by atoms with Gasteiger partial charge in [0.1, 0.15) is 18.1 Å². The van der Waals surface area contributed by atoms with Crippen LogP contribution in [0.25, 0.3) is 22.2 Å². The van der Waals surface area contributed by atoms with Gasteiger partial charge in [-0.1, -0.05) is 11.2 Å². The summed E-state index contributed by atoms with van der Waals surface area (Å²) in [6.45, 7) is 1.88. The SMILES string of the molecule is COc1cc2c(cc1OC)-c1[nH]c3ccc(OCCN(C)C)cc3c1C2=NOCc1cccs1. The average Bonchev–Trinajstić information content (AvgIpc) is 3.54. The van der Waals surface area contributed by atoms with Gasteiger partial charge in [-0.05, 0) is 55.9 Å². The van der Waals surface area contributed by atoms with Crippen molar-refractivity contribution in [2.45, 2.75) is 6.61 Å². The number of benzene rings is 2. The van der Waals surface area contributed by atoms with Crippen molar-refractivity contribution in [3.05, 3.63) is 63.8 Å². The number of thiophene rings is 1. The van der Waals surface area contributed by atoms with Crippen molar-refractivity contribution >= 4 is 28.0 Å². The molecule has 0 fully saturated rings. The lowest BCUT2D eigenvalue weighted by molar-refractivity contribution is 0.133. The highest BCUT2D eigenvalue weighted by Gasteiger charge is 2.32. The lowest BCUT2D eigenvalue weighted by Crippen LogP contribution is -2.19. The number of H-pyrrole nitrogens is 1. The van der Waals surface area contributed by atoms with Gasteiger partial charge in [0.15, 0.2) is 18.1 Å². The Balaban J connectivity index is 1.59. The molecule has 4 aromatic rings. The molecule has 0 spiro atoms. The second kappa shape index (κ2) is 9.40. The van der Waals surface area contributed by atoms with Crippen molar-refractivity contribution in [1.82, 2.24) is 9.88 Å². The number of aromatic nitrogens is 1. The zero-order chi connectivity index (χ0) is 23.7. The summed E-state index contributed by atoms with van der Waals surface area (Å²) >= 11 is 1.65. The summed E-state index contributed by atoms with van der Waals surface area (Å²) in [6, 6.07) is 14.1. The third kappa shape index (κ3) is 4.10. The number of hydrogen-bond acceptors (Lipinski definition) is 7. The number of nitrogens with one attached hydrogen (secondary N) is 1. The van der Waals surface area contributed by atoms with E-state index in [1.807, 2.05) is 55.9 Å². The standard InChI is InChI=1S/C26H27N3O4S/c1-29(2)9-10-32-16-7-8-21-20(12-16)24-25(27-21)18-13-22(30-3)23(31-4)14-19(18)26(24)28-33-15-17-6-5-11-34-17/h5-8,11-14,27H,9-10,15H2,1-4H3. The fourth-order valence-corrected chi connectivity index (χ4v) is 4.73. The zero-order valence-electron chi connectivity index (χ0n) is 19.7. The van der Waals surface area contributed by atoms with E-state index in [0.29, 0.717) is 24.7 Å².